The third-order valence-electron chi connectivity index (χ3n) is 10.8. The van der Waals surface area contributed by atoms with Gasteiger partial charge in [0.2, 0.25) is 0 Å². The maximum absolute atomic E-state index is 2.51. The SMILES string of the molecule is CCCCCCCCCCCCc1cc2c(ccc3c2ccc2c4ccc5sc(CCCCCCCCCCCC)cc5c4ccc32)s1. The molecule has 0 aliphatic carbocycles. The van der Waals surface area contributed by atoms with E-state index in [0.717, 1.165) is 0 Å². The summed E-state index contributed by atoms with van der Waals surface area (Å²) >= 11 is 4.04. The second kappa shape index (κ2) is 18.5. The van der Waals surface area contributed by atoms with Crippen LogP contribution in [-0.4, -0.2) is 0 Å². The van der Waals surface area contributed by atoms with Crippen molar-refractivity contribution < 1.29 is 0 Å². The van der Waals surface area contributed by atoms with Gasteiger partial charge in [-0.3, -0.25) is 0 Å². The molecule has 0 saturated heterocycles. The van der Waals surface area contributed by atoms with Gasteiger partial charge in [0.15, 0.2) is 0 Å². The maximum atomic E-state index is 2.51. The van der Waals surface area contributed by atoms with Gasteiger partial charge in [-0.15, -0.1) is 22.7 Å². The summed E-state index contributed by atoms with van der Waals surface area (Å²) in [6.07, 6.45) is 30.5. The summed E-state index contributed by atoms with van der Waals surface area (Å²) in [4.78, 5) is 3.12. The molecule has 0 unspecified atom stereocenters. The highest BCUT2D eigenvalue weighted by Gasteiger charge is 2.12. The van der Waals surface area contributed by atoms with Crippen LogP contribution in [0.1, 0.15) is 152 Å². The normalized spacial score (nSPS) is 12.1. The molecule has 6 aromatic rings. The zero-order valence-corrected chi connectivity index (χ0v) is 31.8. The Morgan fingerprint density at radius 3 is 0.917 bits per heavy atom. The van der Waals surface area contributed by atoms with Crippen LogP contribution in [0.2, 0.25) is 0 Å². The second-order valence-corrected chi connectivity index (χ2v) is 17.0. The van der Waals surface area contributed by atoms with Crippen molar-refractivity contribution in [3.05, 3.63) is 70.4 Å². The summed E-state index contributed by atoms with van der Waals surface area (Å²) in [6.45, 7) is 4.61. The minimum atomic E-state index is 1.23. The Bertz CT molecular complexity index is 1730. The van der Waals surface area contributed by atoms with Crippen LogP contribution < -0.4 is 0 Å². The predicted octanol–water partition coefficient (Wildman–Crippen LogP) is 16.5. The average Bonchev–Trinajstić information content (AvgIpc) is 3.73. The first-order valence-corrected chi connectivity index (χ1v) is 21.6. The molecule has 0 aliphatic rings. The third kappa shape index (κ3) is 9.02. The number of hydrogen-bond donors (Lipinski definition) is 0. The summed E-state index contributed by atoms with van der Waals surface area (Å²) in [5.41, 5.74) is 0. The highest BCUT2D eigenvalue weighted by atomic mass is 32.1. The highest BCUT2D eigenvalue weighted by molar-refractivity contribution is 7.19. The number of thiophene rings is 2. The fourth-order valence-corrected chi connectivity index (χ4v) is 10.2. The van der Waals surface area contributed by atoms with Crippen LogP contribution in [0.25, 0.3) is 52.5 Å². The van der Waals surface area contributed by atoms with E-state index in [-0.39, 0.29) is 0 Å². The Labute approximate surface area is 299 Å². The van der Waals surface area contributed by atoms with Crippen molar-refractivity contribution >= 4 is 75.2 Å². The molecule has 2 heterocycles. The number of benzene rings is 4. The quantitative estimate of drug-likeness (QED) is 0.0496. The van der Waals surface area contributed by atoms with Crippen LogP contribution >= 0.6 is 22.7 Å². The number of unbranched alkanes of at least 4 members (excludes halogenated alkanes) is 18. The lowest BCUT2D eigenvalue weighted by molar-refractivity contribution is 0.557. The van der Waals surface area contributed by atoms with E-state index in [1.165, 1.54) is 194 Å². The fraction of sp³-hybridized carbons (Fsp3) is 0.522. The number of aryl methyl sites for hydroxylation is 2. The Morgan fingerprint density at radius 1 is 0.312 bits per heavy atom. The van der Waals surface area contributed by atoms with Crippen LogP contribution in [0.4, 0.5) is 0 Å². The molecule has 0 spiro atoms. The molecule has 0 bridgehead atoms. The molecule has 256 valence electrons. The van der Waals surface area contributed by atoms with Crippen LogP contribution in [0.5, 0.6) is 0 Å². The summed E-state index contributed by atoms with van der Waals surface area (Å²) in [5.74, 6) is 0. The lowest BCUT2D eigenvalue weighted by Gasteiger charge is -2.09. The van der Waals surface area contributed by atoms with Gasteiger partial charge in [-0.05, 0) is 82.3 Å². The largest absolute Gasteiger partial charge is 0.140 e. The van der Waals surface area contributed by atoms with Crippen molar-refractivity contribution in [1.82, 2.24) is 0 Å². The molecule has 4 aromatic carbocycles. The number of rotatable bonds is 22. The summed E-state index contributed by atoms with van der Waals surface area (Å²) in [7, 11) is 0. The fourth-order valence-electron chi connectivity index (χ4n) is 8.00. The molecule has 0 radical (unpaired) electrons. The number of fused-ring (bicyclic) bond motifs is 9. The van der Waals surface area contributed by atoms with Crippen molar-refractivity contribution in [1.29, 1.82) is 0 Å². The molecule has 2 aromatic heterocycles. The van der Waals surface area contributed by atoms with Gasteiger partial charge in [-0.1, -0.05) is 166 Å². The predicted molar refractivity (Wildman–Crippen MR) is 221 cm³/mol. The molecule has 0 N–H and O–H groups in total. The zero-order chi connectivity index (χ0) is 33.0. The molecule has 0 amide bonds. The minimum absolute atomic E-state index is 1.23. The first-order valence-electron chi connectivity index (χ1n) is 20.0. The highest BCUT2D eigenvalue weighted by Crippen LogP contribution is 2.40. The molecule has 48 heavy (non-hydrogen) atoms. The second-order valence-electron chi connectivity index (χ2n) is 14.7. The van der Waals surface area contributed by atoms with Gasteiger partial charge in [0.05, 0.1) is 0 Å². The van der Waals surface area contributed by atoms with Crippen molar-refractivity contribution in [3.8, 4) is 0 Å². The maximum Gasteiger partial charge on any atom is 0.0352 e. The number of hydrogen-bond acceptors (Lipinski definition) is 2. The lowest BCUT2D eigenvalue weighted by Crippen LogP contribution is -1.84. The molecular formula is C46H60S2. The summed E-state index contributed by atoms with van der Waals surface area (Å²) < 4.78 is 2.89. The monoisotopic (exact) mass is 676 g/mol. The molecule has 0 fully saturated rings. The third-order valence-corrected chi connectivity index (χ3v) is 13.2. The van der Waals surface area contributed by atoms with E-state index in [4.69, 9.17) is 0 Å². The minimum Gasteiger partial charge on any atom is -0.140 e. The summed E-state index contributed by atoms with van der Waals surface area (Å²) in [6, 6.07) is 24.2. The molecule has 0 saturated carbocycles. The summed E-state index contributed by atoms with van der Waals surface area (Å²) in [5, 5.41) is 11.3. The van der Waals surface area contributed by atoms with Crippen LogP contribution in [0.3, 0.4) is 0 Å². The van der Waals surface area contributed by atoms with Gasteiger partial charge in [0.25, 0.3) is 0 Å². The molecular weight excluding hydrogens is 617 g/mol. The Morgan fingerprint density at radius 2 is 0.583 bits per heavy atom. The van der Waals surface area contributed by atoms with E-state index in [2.05, 4.69) is 74.5 Å². The van der Waals surface area contributed by atoms with E-state index < -0.39 is 0 Å². The Balaban J connectivity index is 1.07. The van der Waals surface area contributed by atoms with Crippen LogP contribution in [-0.2, 0) is 12.8 Å². The van der Waals surface area contributed by atoms with Gasteiger partial charge in [0.1, 0.15) is 0 Å². The molecule has 0 atom stereocenters. The van der Waals surface area contributed by atoms with E-state index in [9.17, 15) is 0 Å². The van der Waals surface area contributed by atoms with Crippen LogP contribution in [0.15, 0.2) is 60.7 Å². The first kappa shape index (κ1) is 35.4. The van der Waals surface area contributed by atoms with Crippen LogP contribution in [0, 0.1) is 0 Å². The molecule has 2 heteroatoms. The van der Waals surface area contributed by atoms with Crippen molar-refractivity contribution in [2.45, 2.75) is 155 Å². The van der Waals surface area contributed by atoms with Gasteiger partial charge in [0, 0.05) is 29.9 Å². The standard InChI is InChI=1S/C46H60S2/c1-3-5-7-9-11-13-15-17-19-21-23-35-33-43-41-27-25-38-37(39(41)29-31-45(43)47-35)26-28-42-40(38)30-32-46-44(42)34-36(48-46)24-22-20-18-16-14-12-10-8-6-4-2/h25-34H,3-24H2,1-2H3. The topological polar surface area (TPSA) is 0 Å². The van der Waals surface area contributed by atoms with Gasteiger partial charge in [-0.2, -0.15) is 0 Å². The van der Waals surface area contributed by atoms with Gasteiger partial charge < -0.3 is 0 Å². The average molecular weight is 677 g/mol. The molecule has 6 rings (SSSR count). The van der Waals surface area contributed by atoms with Crippen molar-refractivity contribution in [3.63, 3.8) is 0 Å². The van der Waals surface area contributed by atoms with Gasteiger partial charge >= 0.3 is 0 Å². The molecule has 0 aliphatic heterocycles. The van der Waals surface area contributed by atoms with Gasteiger partial charge in [-0.25, -0.2) is 0 Å². The van der Waals surface area contributed by atoms with E-state index in [0.29, 0.717) is 0 Å². The first-order chi connectivity index (χ1) is 23.8. The lowest BCUT2D eigenvalue weighted by atomic mass is 9.94. The van der Waals surface area contributed by atoms with E-state index >= 15 is 0 Å². The van der Waals surface area contributed by atoms with Crippen molar-refractivity contribution in [2.75, 3.05) is 0 Å². The van der Waals surface area contributed by atoms with E-state index in [1.807, 2.05) is 22.7 Å². The Hall–Kier alpha value is -2.42. The Kier molecular flexibility index (Phi) is 13.7. The smallest absolute Gasteiger partial charge is 0.0352 e. The molecule has 0 nitrogen and oxygen atoms in total. The van der Waals surface area contributed by atoms with E-state index in [1.54, 1.807) is 9.75 Å². The zero-order valence-electron chi connectivity index (χ0n) is 30.1. The van der Waals surface area contributed by atoms with Crippen molar-refractivity contribution in [2.24, 2.45) is 0 Å².